The average molecular weight is 403 g/mol. The van der Waals surface area contributed by atoms with Crippen LogP contribution in [-0.2, 0) is 9.53 Å². The van der Waals surface area contributed by atoms with Crippen LogP contribution in [0.1, 0.15) is 17.3 Å². The number of ether oxygens (including phenoxy) is 2. The summed E-state index contributed by atoms with van der Waals surface area (Å²) < 4.78 is 10.5. The zero-order valence-electron chi connectivity index (χ0n) is 15.8. The fourth-order valence-corrected chi connectivity index (χ4v) is 3.23. The lowest BCUT2D eigenvalue weighted by atomic mass is 10.2. The summed E-state index contributed by atoms with van der Waals surface area (Å²) in [7, 11) is 0. The SMILES string of the molecule is CCOc1ccc(C(=O)OCC(=O)N2CCN(c3cccc(Cl)c3)CC2)cc1. The lowest BCUT2D eigenvalue weighted by Gasteiger charge is -2.36. The number of benzene rings is 2. The Hall–Kier alpha value is -2.73. The van der Waals surface area contributed by atoms with Gasteiger partial charge < -0.3 is 19.3 Å². The van der Waals surface area contributed by atoms with Crippen molar-refractivity contribution in [1.29, 1.82) is 0 Å². The van der Waals surface area contributed by atoms with Crippen LogP contribution >= 0.6 is 11.6 Å². The van der Waals surface area contributed by atoms with E-state index < -0.39 is 5.97 Å². The molecule has 1 fully saturated rings. The molecule has 0 N–H and O–H groups in total. The number of nitrogens with zero attached hydrogens (tertiary/aromatic N) is 2. The van der Waals surface area contributed by atoms with Crippen LogP contribution in [0.2, 0.25) is 5.02 Å². The van der Waals surface area contributed by atoms with Crippen LogP contribution in [0.4, 0.5) is 5.69 Å². The Balaban J connectivity index is 1.46. The minimum absolute atomic E-state index is 0.190. The Labute approximate surface area is 169 Å². The van der Waals surface area contributed by atoms with Gasteiger partial charge in [0.1, 0.15) is 5.75 Å². The van der Waals surface area contributed by atoms with E-state index in [0.29, 0.717) is 49.1 Å². The Kier molecular flexibility index (Phi) is 6.76. The van der Waals surface area contributed by atoms with E-state index in [9.17, 15) is 9.59 Å². The van der Waals surface area contributed by atoms with Crippen LogP contribution in [0.25, 0.3) is 0 Å². The number of esters is 1. The van der Waals surface area contributed by atoms with Crippen molar-refractivity contribution in [3.63, 3.8) is 0 Å². The summed E-state index contributed by atoms with van der Waals surface area (Å²) in [6.45, 7) is 4.75. The number of hydrogen-bond donors (Lipinski definition) is 0. The molecule has 1 saturated heterocycles. The first-order chi connectivity index (χ1) is 13.6. The van der Waals surface area contributed by atoms with Gasteiger partial charge in [-0.25, -0.2) is 4.79 Å². The molecule has 0 aromatic heterocycles. The molecule has 0 spiro atoms. The molecule has 0 aliphatic carbocycles. The molecule has 1 aliphatic heterocycles. The van der Waals surface area contributed by atoms with E-state index in [0.717, 1.165) is 5.69 Å². The molecule has 7 heteroatoms. The molecule has 28 heavy (non-hydrogen) atoms. The van der Waals surface area contributed by atoms with Gasteiger partial charge in [0.25, 0.3) is 5.91 Å². The number of hydrogen-bond acceptors (Lipinski definition) is 5. The van der Waals surface area contributed by atoms with Crippen LogP contribution < -0.4 is 9.64 Å². The van der Waals surface area contributed by atoms with Gasteiger partial charge in [-0.3, -0.25) is 4.79 Å². The summed E-state index contributed by atoms with van der Waals surface area (Å²) in [5, 5.41) is 0.692. The number of carbonyl (C=O) groups excluding carboxylic acids is 2. The van der Waals surface area contributed by atoms with Gasteiger partial charge in [-0.15, -0.1) is 0 Å². The second-order valence-electron chi connectivity index (χ2n) is 6.38. The van der Waals surface area contributed by atoms with Crippen LogP contribution in [0.5, 0.6) is 5.75 Å². The highest BCUT2D eigenvalue weighted by Gasteiger charge is 2.22. The van der Waals surface area contributed by atoms with E-state index in [1.807, 2.05) is 31.2 Å². The van der Waals surface area contributed by atoms with Crippen LogP contribution in [0.15, 0.2) is 48.5 Å². The Morgan fingerprint density at radius 3 is 2.39 bits per heavy atom. The molecule has 2 aromatic carbocycles. The van der Waals surface area contributed by atoms with Crippen molar-refractivity contribution in [1.82, 2.24) is 4.90 Å². The first-order valence-electron chi connectivity index (χ1n) is 9.25. The molecular weight excluding hydrogens is 380 g/mol. The van der Waals surface area contributed by atoms with Gasteiger partial charge in [0.2, 0.25) is 0 Å². The molecule has 1 aliphatic rings. The highest BCUT2D eigenvalue weighted by Crippen LogP contribution is 2.21. The van der Waals surface area contributed by atoms with Crippen molar-refractivity contribution in [2.24, 2.45) is 0 Å². The molecule has 1 heterocycles. The summed E-state index contributed by atoms with van der Waals surface area (Å²) in [6, 6.07) is 14.3. The normalized spacial score (nSPS) is 13.9. The van der Waals surface area contributed by atoms with Crippen molar-refractivity contribution in [2.75, 3.05) is 44.3 Å². The van der Waals surface area contributed by atoms with Gasteiger partial charge in [0.15, 0.2) is 6.61 Å². The molecule has 0 atom stereocenters. The molecule has 148 valence electrons. The standard InChI is InChI=1S/C21H23ClN2O4/c1-2-27-19-8-6-16(7-9-19)21(26)28-15-20(25)24-12-10-23(11-13-24)18-5-3-4-17(22)14-18/h3-9,14H,2,10-13,15H2,1H3. The zero-order chi connectivity index (χ0) is 19.9. The van der Waals surface area contributed by atoms with Crippen molar-refractivity contribution in [2.45, 2.75) is 6.92 Å². The van der Waals surface area contributed by atoms with E-state index >= 15 is 0 Å². The minimum atomic E-state index is -0.519. The van der Waals surface area contributed by atoms with Crippen molar-refractivity contribution in [3.8, 4) is 5.75 Å². The predicted octanol–water partition coefficient (Wildman–Crippen LogP) is 3.24. The Bertz CT molecular complexity index is 817. The lowest BCUT2D eigenvalue weighted by molar-refractivity contribution is -0.134. The summed E-state index contributed by atoms with van der Waals surface area (Å²) in [5.41, 5.74) is 1.43. The monoisotopic (exact) mass is 402 g/mol. The summed E-state index contributed by atoms with van der Waals surface area (Å²) in [6.07, 6.45) is 0. The smallest absolute Gasteiger partial charge is 0.338 e. The van der Waals surface area contributed by atoms with E-state index in [-0.39, 0.29) is 12.5 Å². The highest BCUT2D eigenvalue weighted by atomic mass is 35.5. The molecule has 2 aromatic rings. The molecule has 0 radical (unpaired) electrons. The van der Waals surface area contributed by atoms with Gasteiger partial charge in [-0.2, -0.15) is 0 Å². The third-order valence-electron chi connectivity index (χ3n) is 4.53. The fourth-order valence-electron chi connectivity index (χ4n) is 3.04. The Morgan fingerprint density at radius 2 is 1.75 bits per heavy atom. The van der Waals surface area contributed by atoms with Crippen molar-refractivity contribution < 1.29 is 19.1 Å². The first kappa shape index (κ1) is 20.0. The van der Waals surface area contributed by atoms with Gasteiger partial charge >= 0.3 is 5.97 Å². The van der Waals surface area contributed by atoms with Crippen molar-refractivity contribution >= 4 is 29.2 Å². The minimum Gasteiger partial charge on any atom is -0.494 e. The molecule has 0 saturated carbocycles. The molecule has 0 bridgehead atoms. The molecule has 3 rings (SSSR count). The number of rotatable bonds is 6. The number of amides is 1. The van der Waals surface area contributed by atoms with Crippen LogP contribution in [-0.4, -0.2) is 56.2 Å². The average Bonchev–Trinajstić information content (AvgIpc) is 2.72. The third-order valence-corrected chi connectivity index (χ3v) is 4.77. The van der Waals surface area contributed by atoms with E-state index in [1.165, 1.54) is 0 Å². The van der Waals surface area contributed by atoms with E-state index in [4.69, 9.17) is 21.1 Å². The Morgan fingerprint density at radius 1 is 1.04 bits per heavy atom. The van der Waals surface area contributed by atoms with Crippen LogP contribution in [0.3, 0.4) is 0 Å². The number of halogens is 1. The van der Waals surface area contributed by atoms with Gasteiger partial charge in [-0.1, -0.05) is 17.7 Å². The maximum Gasteiger partial charge on any atom is 0.338 e. The quantitative estimate of drug-likeness (QED) is 0.694. The zero-order valence-corrected chi connectivity index (χ0v) is 16.5. The van der Waals surface area contributed by atoms with Crippen LogP contribution in [0, 0.1) is 0 Å². The summed E-state index contributed by atoms with van der Waals surface area (Å²) in [5.74, 6) is -0.0216. The van der Waals surface area contributed by atoms with Gasteiger partial charge in [0.05, 0.1) is 12.2 Å². The van der Waals surface area contributed by atoms with Gasteiger partial charge in [0, 0.05) is 36.9 Å². The lowest BCUT2D eigenvalue weighted by Crippen LogP contribution is -2.49. The third kappa shape index (κ3) is 5.16. The number of piperazine rings is 1. The van der Waals surface area contributed by atoms with Crippen molar-refractivity contribution in [3.05, 3.63) is 59.1 Å². The second-order valence-corrected chi connectivity index (χ2v) is 6.82. The largest absolute Gasteiger partial charge is 0.494 e. The van der Waals surface area contributed by atoms with Gasteiger partial charge in [-0.05, 0) is 49.4 Å². The summed E-state index contributed by atoms with van der Waals surface area (Å²) >= 11 is 6.04. The van der Waals surface area contributed by atoms with E-state index in [1.54, 1.807) is 29.2 Å². The number of carbonyl (C=O) groups is 2. The predicted molar refractivity (Wildman–Crippen MR) is 108 cm³/mol. The first-order valence-corrected chi connectivity index (χ1v) is 9.63. The molecular formula is C21H23ClN2O4. The maximum absolute atomic E-state index is 12.4. The fraction of sp³-hybridized carbons (Fsp3) is 0.333. The van der Waals surface area contributed by atoms with E-state index in [2.05, 4.69) is 4.90 Å². The molecule has 1 amide bonds. The maximum atomic E-state index is 12.4. The number of anilines is 1. The molecule has 0 unspecified atom stereocenters. The summed E-state index contributed by atoms with van der Waals surface area (Å²) in [4.78, 5) is 28.4. The highest BCUT2D eigenvalue weighted by molar-refractivity contribution is 6.30. The topological polar surface area (TPSA) is 59.1 Å². The second kappa shape index (κ2) is 9.46. The molecule has 6 nitrogen and oxygen atoms in total.